The van der Waals surface area contributed by atoms with Crippen molar-refractivity contribution in [1.82, 2.24) is 0 Å². The Labute approximate surface area is 116 Å². The van der Waals surface area contributed by atoms with E-state index in [4.69, 9.17) is 15.3 Å². The maximum absolute atomic E-state index is 9.81. The van der Waals surface area contributed by atoms with E-state index in [1.165, 1.54) is 40.2 Å². The van der Waals surface area contributed by atoms with Crippen LogP contribution < -0.4 is 0 Å². The van der Waals surface area contributed by atoms with Gasteiger partial charge in [-0.25, -0.2) is 4.79 Å². The van der Waals surface area contributed by atoms with Gasteiger partial charge in [0, 0.05) is 7.11 Å². The Balaban J connectivity index is -0.000000203. The number of rotatable bonds is 6. The van der Waals surface area contributed by atoms with Crippen LogP contribution in [0.3, 0.4) is 0 Å². The number of unbranched alkanes of at least 4 members (excludes halogenated alkanes) is 2. The lowest BCUT2D eigenvalue weighted by molar-refractivity contribution is -0.147. The molecule has 0 unspecified atom stereocenters. The minimum absolute atomic E-state index is 0.382. The summed E-state index contributed by atoms with van der Waals surface area (Å²) < 4.78 is 4.41. The molecule has 0 aromatic heterocycles. The highest BCUT2D eigenvalue weighted by Crippen LogP contribution is 1.99. The predicted octanol–water partition coefficient (Wildman–Crippen LogP) is 2.57. The van der Waals surface area contributed by atoms with E-state index in [0.29, 0.717) is 6.42 Å². The standard InChI is InChI=1S/C6H12.C4H8O3.C4H10O2/c1-3-5-6-4-2;1-3(7-2)4(5)6;1-3-4(2,5)6/h3H,1,4-6H2,2H3;3H,1-2H3,(H,5,6);5-6H,3H2,1-2H3/t;3-;/m.1./s1. The summed E-state index contributed by atoms with van der Waals surface area (Å²) in [6.07, 6.45) is 5.42. The van der Waals surface area contributed by atoms with E-state index in [0.717, 1.165) is 0 Å². The predicted molar refractivity (Wildman–Crippen MR) is 77.0 cm³/mol. The second-order valence-electron chi connectivity index (χ2n) is 4.22. The number of ether oxygens (including phenoxy) is 1. The molecule has 116 valence electrons. The summed E-state index contributed by atoms with van der Waals surface area (Å²) in [5, 5.41) is 24.8. The van der Waals surface area contributed by atoms with Gasteiger partial charge in [-0.3, -0.25) is 0 Å². The molecule has 5 heteroatoms. The van der Waals surface area contributed by atoms with Gasteiger partial charge in [0.25, 0.3) is 0 Å². The normalized spacial score (nSPS) is 11.3. The molecule has 19 heavy (non-hydrogen) atoms. The highest BCUT2D eigenvalue weighted by atomic mass is 16.5. The lowest BCUT2D eigenvalue weighted by atomic mass is 10.3. The molecular weight excluding hydrogens is 248 g/mol. The molecule has 0 amide bonds. The second-order valence-corrected chi connectivity index (χ2v) is 4.22. The first kappa shape index (κ1) is 23.2. The molecule has 0 saturated heterocycles. The first-order chi connectivity index (χ1) is 8.66. The Morgan fingerprint density at radius 3 is 1.89 bits per heavy atom. The first-order valence-corrected chi connectivity index (χ1v) is 6.47. The first-order valence-electron chi connectivity index (χ1n) is 6.47. The van der Waals surface area contributed by atoms with Crippen LogP contribution in [0, 0.1) is 0 Å². The van der Waals surface area contributed by atoms with Gasteiger partial charge < -0.3 is 20.1 Å². The molecule has 0 rings (SSSR count). The molecule has 0 heterocycles. The minimum Gasteiger partial charge on any atom is -0.479 e. The maximum Gasteiger partial charge on any atom is 0.332 e. The van der Waals surface area contributed by atoms with Gasteiger partial charge in [-0.15, -0.1) is 6.58 Å². The molecule has 0 aliphatic rings. The fraction of sp³-hybridized carbons (Fsp3) is 0.786. The SMILES string of the molecule is C=CCCCC.CCC(C)(O)O.CO[C@H](C)C(=O)O. The lowest BCUT2D eigenvalue weighted by Crippen LogP contribution is -2.20. The molecule has 3 N–H and O–H groups in total. The summed E-state index contributed by atoms with van der Waals surface area (Å²) in [6.45, 7) is 10.3. The number of carbonyl (C=O) groups is 1. The molecule has 0 aromatic carbocycles. The van der Waals surface area contributed by atoms with E-state index in [-0.39, 0.29) is 0 Å². The van der Waals surface area contributed by atoms with Crippen LogP contribution in [0.15, 0.2) is 12.7 Å². The third kappa shape index (κ3) is 31.6. The van der Waals surface area contributed by atoms with E-state index in [1.54, 1.807) is 6.92 Å². The monoisotopic (exact) mass is 278 g/mol. The van der Waals surface area contributed by atoms with Crippen molar-refractivity contribution in [3.8, 4) is 0 Å². The maximum atomic E-state index is 9.81. The number of hydrogen-bond donors (Lipinski definition) is 3. The Bertz CT molecular complexity index is 208. The molecule has 0 aromatic rings. The molecule has 0 radical (unpaired) electrons. The van der Waals surface area contributed by atoms with Gasteiger partial charge in [0.2, 0.25) is 0 Å². The van der Waals surface area contributed by atoms with Crippen molar-refractivity contribution in [1.29, 1.82) is 0 Å². The average Bonchev–Trinajstić information content (AvgIpc) is 2.35. The van der Waals surface area contributed by atoms with Crippen LogP contribution in [0.1, 0.15) is 53.4 Å². The Morgan fingerprint density at radius 1 is 1.42 bits per heavy atom. The van der Waals surface area contributed by atoms with Crippen molar-refractivity contribution in [2.45, 2.75) is 65.3 Å². The molecule has 0 aliphatic carbocycles. The molecule has 0 fully saturated rings. The summed E-state index contributed by atoms with van der Waals surface area (Å²) >= 11 is 0. The lowest BCUT2D eigenvalue weighted by Gasteiger charge is -2.10. The Kier molecular flexibility index (Phi) is 18.5. The van der Waals surface area contributed by atoms with Gasteiger partial charge in [0.1, 0.15) is 0 Å². The highest BCUT2D eigenvalue weighted by Gasteiger charge is 2.08. The Hall–Kier alpha value is -0.910. The number of aliphatic carboxylic acids is 1. The van der Waals surface area contributed by atoms with Gasteiger partial charge in [0.15, 0.2) is 11.9 Å². The summed E-state index contributed by atoms with van der Waals surface area (Å²) in [6, 6.07) is 0. The fourth-order valence-electron chi connectivity index (χ4n) is 0.449. The molecular formula is C14H30O5. The summed E-state index contributed by atoms with van der Waals surface area (Å²) in [7, 11) is 1.36. The number of carboxylic acid groups (broad SMARTS) is 1. The third-order valence-corrected chi connectivity index (χ3v) is 2.13. The zero-order valence-electron chi connectivity index (χ0n) is 12.8. The van der Waals surface area contributed by atoms with Crippen molar-refractivity contribution < 1.29 is 24.9 Å². The van der Waals surface area contributed by atoms with Crippen LogP contribution in [0.25, 0.3) is 0 Å². The van der Waals surface area contributed by atoms with Gasteiger partial charge in [-0.2, -0.15) is 0 Å². The van der Waals surface area contributed by atoms with Crippen molar-refractivity contribution in [2.75, 3.05) is 7.11 Å². The second kappa shape index (κ2) is 15.1. The van der Waals surface area contributed by atoms with Crippen molar-refractivity contribution in [3.05, 3.63) is 12.7 Å². The molecule has 0 spiro atoms. The third-order valence-electron chi connectivity index (χ3n) is 2.13. The van der Waals surface area contributed by atoms with E-state index >= 15 is 0 Å². The average molecular weight is 278 g/mol. The van der Waals surface area contributed by atoms with Gasteiger partial charge in [-0.05, 0) is 26.7 Å². The Morgan fingerprint density at radius 2 is 1.84 bits per heavy atom. The van der Waals surface area contributed by atoms with Crippen LogP contribution in [0.4, 0.5) is 0 Å². The number of methoxy groups -OCH3 is 1. The van der Waals surface area contributed by atoms with Crippen molar-refractivity contribution in [2.24, 2.45) is 0 Å². The van der Waals surface area contributed by atoms with Crippen LogP contribution in [-0.2, 0) is 9.53 Å². The number of carboxylic acids is 1. The summed E-state index contributed by atoms with van der Waals surface area (Å²) in [4.78, 5) is 9.81. The topological polar surface area (TPSA) is 87.0 Å². The molecule has 0 aliphatic heterocycles. The largest absolute Gasteiger partial charge is 0.479 e. The number of hydrogen-bond acceptors (Lipinski definition) is 4. The summed E-state index contributed by atoms with van der Waals surface area (Å²) in [5.41, 5.74) is 0. The highest BCUT2D eigenvalue weighted by molar-refractivity contribution is 5.71. The van der Waals surface area contributed by atoms with Crippen LogP contribution >= 0.6 is 0 Å². The van der Waals surface area contributed by atoms with Gasteiger partial charge >= 0.3 is 5.97 Å². The molecule has 0 saturated carbocycles. The van der Waals surface area contributed by atoms with Crippen LogP contribution in [-0.4, -0.2) is 40.3 Å². The van der Waals surface area contributed by atoms with Crippen molar-refractivity contribution in [3.63, 3.8) is 0 Å². The fourth-order valence-corrected chi connectivity index (χ4v) is 0.449. The van der Waals surface area contributed by atoms with Crippen LogP contribution in [0.2, 0.25) is 0 Å². The quantitative estimate of drug-likeness (QED) is 0.395. The molecule has 0 bridgehead atoms. The van der Waals surface area contributed by atoms with E-state index in [1.807, 2.05) is 6.08 Å². The zero-order chi connectivity index (χ0) is 15.9. The molecule has 1 atom stereocenters. The van der Waals surface area contributed by atoms with Crippen molar-refractivity contribution >= 4 is 5.97 Å². The zero-order valence-corrected chi connectivity index (χ0v) is 12.8. The smallest absolute Gasteiger partial charge is 0.332 e. The van der Waals surface area contributed by atoms with Gasteiger partial charge in [-0.1, -0.05) is 32.8 Å². The van der Waals surface area contributed by atoms with E-state index in [2.05, 4.69) is 18.2 Å². The molecule has 5 nitrogen and oxygen atoms in total. The minimum atomic E-state index is -1.46. The van der Waals surface area contributed by atoms with Gasteiger partial charge in [0.05, 0.1) is 0 Å². The van der Waals surface area contributed by atoms with E-state index < -0.39 is 17.9 Å². The van der Waals surface area contributed by atoms with E-state index in [9.17, 15) is 4.79 Å². The summed E-state index contributed by atoms with van der Waals surface area (Å²) in [5.74, 6) is -2.39. The number of allylic oxidation sites excluding steroid dienone is 1. The van der Waals surface area contributed by atoms with Crippen LogP contribution in [0.5, 0.6) is 0 Å². The number of aliphatic hydroxyl groups is 2.